The summed E-state index contributed by atoms with van der Waals surface area (Å²) in [4.78, 5) is 0. The standard InChI is InChI=1S/C46H42O2Si.2ClH.Zr/c1-27-21-35-39(45(31(27)5)33-13-9-7-10-14-33)23-37(43-19-17-29(3)47-43)41(35)25-49-26-42-36-22-28(2)32(6)46(34-15-11-8-12-16-34)40(36)24-38(42)44-20-18-30(4)48-44;;;/h7-24,41-42H,25-26H2,1-6H3;2*1H;/q;;;+2/p-2. The zero-order valence-electron chi connectivity index (χ0n) is 30.5. The van der Waals surface area contributed by atoms with E-state index in [-0.39, 0.29) is 11.8 Å². The molecule has 6 aromatic rings. The van der Waals surface area contributed by atoms with Crippen molar-refractivity contribution in [2.45, 2.75) is 65.5 Å². The van der Waals surface area contributed by atoms with Gasteiger partial charge in [-0.3, -0.25) is 0 Å². The molecule has 2 atom stereocenters. The fourth-order valence-electron chi connectivity index (χ4n) is 8.09. The molecule has 2 aliphatic carbocycles. The average Bonchev–Trinajstić information content (AvgIpc) is 3.93. The number of hydrogen-bond acceptors (Lipinski definition) is 2. The number of hydrogen-bond donors (Lipinski definition) is 0. The van der Waals surface area contributed by atoms with Crippen molar-refractivity contribution in [3.05, 3.63) is 165 Å². The third-order valence-corrected chi connectivity index (χ3v) is 12.2. The summed E-state index contributed by atoms with van der Waals surface area (Å²) in [7, 11) is 10.6. The quantitative estimate of drug-likeness (QED) is 0.143. The number of furan rings is 2. The molecule has 0 amide bonds. The summed E-state index contributed by atoms with van der Waals surface area (Å²) in [5, 5.41) is 0. The van der Waals surface area contributed by atoms with E-state index in [1.807, 2.05) is 13.8 Å². The summed E-state index contributed by atoms with van der Waals surface area (Å²) >= 11 is -0.826. The van der Waals surface area contributed by atoms with Gasteiger partial charge in [0.05, 0.1) is 0 Å². The molecule has 0 saturated heterocycles. The van der Waals surface area contributed by atoms with Crippen LogP contribution in [0, 0.1) is 41.5 Å². The van der Waals surface area contributed by atoms with Crippen LogP contribution in [0.15, 0.2) is 106 Å². The van der Waals surface area contributed by atoms with Gasteiger partial charge in [-0.1, -0.05) is 72.8 Å². The Morgan fingerprint density at radius 1 is 0.558 bits per heavy atom. The zero-order chi connectivity index (χ0) is 36.5. The molecule has 8 rings (SSSR count). The molecule has 0 N–H and O–H groups in total. The molecule has 2 aromatic heterocycles. The second-order valence-electron chi connectivity index (χ2n) is 14.0. The van der Waals surface area contributed by atoms with Crippen LogP contribution in [-0.4, -0.2) is 9.52 Å². The number of halogens is 2. The minimum absolute atomic E-state index is 0.277. The molecule has 52 heavy (non-hydrogen) atoms. The van der Waals surface area contributed by atoms with Crippen molar-refractivity contribution in [3.63, 3.8) is 0 Å². The first-order valence-corrected chi connectivity index (χ1v) is 25.6. The van der Waals surface area contributed by atoms with Gasteiger partial charge in [0, 0.05) is 32.5 Å². The maximum atomic E-state index is 6.33. The summed E-state index contributed by atoms with van der Waals surface area (Å²) in [6.45, 7) is 13.2. The second-order valence-corrected chi connectivity index (χ2v) is 19.0. The molecule has 6 heteroatoms. The van der Waals surface area contributed by atoms with E-state index < -0.39 is 20.8 Å². The first-order valence-electron chi connectivity index (χ1n) is 17.8. The zero-order valence-corrected chi connectivity index (χ0v) is 35.5. The van der Waals surface area contributed by atoms with Crippen LogP contribution < -0.4 is 0 Å². The number of allylic oxidation sites excluding steroid dienone is 2. The van der Waals surface area contributed by atoms with Crippen LogP contribution in [0.3, 0.4) is 0 Å². The number of benzene rings is 4. The van der Waals surface area contributed by atoms with Crippen LogP contribution in [-0.2, 0) is 20.8 Å². The van der Waals surface area contributed by atoms with E-state index in [4.69, 9.17) is 25.9 Å². The van der Waals surface area contributed by atoms with Gasteiger partial charge in [0.25, 0.3) is 0 Å². The van der Waals surface area contributed by atoms with Crippen molar-refractivity contribution in [2.24, 2.45) is 0 Å². The topological polar surface area (TPSA) is 26.3 Å². The van der Waals surface area contributed by atoms with E-state index in [1.165, 1.54) is 77.9 Å². The molecule has 2 heterocycles. The van der Waals surface area contributed by atoms with Gasteiger partial charge >= 0.3 is 37.9 Å². The molecule has 0 fully saturated rings. The van der Waals surface area contributed by atoms with Gasteiger partial charge in [0.2, 0.25) is 0 Å². The van der Waals surface area contributed by atoms with Gasteiger partial charge in [0.15, 0.2) is 0 Å². The third-order valence-electron chi connectivity index (χ3n) is 10.8. The van der Waals surface area contributed by atoms with Crippen molar-refractivity contribution >= 4 is 49.8 Å². The van der Waals surface area contributed by atoms with Crippen molar-refractivity contribution in [3.8, 4) is 22.3 Å². The van der Waals surface area contributed by atoms with Crippen LogP contribution >= 0.6 is 17.0 Å². The van der Waals surface area contributed by atoms with Crippen molar-refractivity contribution in [1.82, 2.24) is 0 Å². The first-order chi connectivity index (χ1) is 25.2. The Hall–Kier alpha value is -3.40. The van der Waals surface area contributed by atoms with Crippen LogP contribution in [0.5, 0.6) is 0 Å². The van der Waals surface area contributed by atoms with Crippen LogP contribution in [0.25, 0.3) is 45.6 Å². The van der Waals surface area contributed by atoms with E-state index in [2.05, 4.69) is 137 Å². The Balaban J connectivity index is 0.00000136. The molecule has 0 spiro atoms. The molecule has 260 valence electrons. The summed E-state index contributed by atoms with van der Waals surface area (Å²) in [6.07, 6.45) is 4.86. The monoisotopic (exact) mass is 814 g/mol. The minimum atomic E-state index is -0.826. The van der Waals surface area contributed by atoms with Crippen LogP contribution in [0.4, 0.5) is 0 Å². The van der Waals surface area contributed by atoms with E-state index in [9.17, 15) is 0 Å². The second kappa shape index (κ2) is 15.9. The molecule has 2 unspecified atom stereocenters. The summed E-state index contributed by atoms with van der Waals surface area (Å²) < 4.78 is 12.7. The predicted octanol–water partition coefficient (Wildman–Crippen LogP) is 14.0. The predicted molar refractivity (Wildman–Crippen MR) is 218 cm³/mol. The molecule has 2 nitrogen and oxygen atoms in total. The van der Waals surface area contributed by atoms with Gasteiger partial charge in [-0.05, 0) is 157 Å². The number of rotatable bonds is 8. The Labute approximate surface area is 329 Å². The van der Waals surface area contributed by atoms with Crippen molar-refractivity contribution < 1.29 is 29.7 Å². The van der Waals surface area contributed by atoms with Crippen molar-refractivity contribution in [1.29, 1.82) is 0 Å². The Morgan fingerprint density at radius 2 is 0.942 bits per heavy atom. The van der Waals surface area contributed by atoms with Crippen LogP contribution in [0.1, 0.15) is 79.4 Å². The fourth-order valence-corrected chi connectivity index (χ4v) is 9.71. The SMILES string of the molecule is Cc1ccc(C2=Cc3c(cc(C)c(C)c3-c3ccccc3)C2C[Si]CC2C(c3ccc(C)o3)=Cc3c2cc(C)c(C)c3-c2ccccc2)o1.[Cl][Zr][Cl]. The first kappa shape index (κ1) is 36.9. The molecule has 2 radical (unpaired) electrons. The molecule has 0 aliphatic heterocycles. The van der Waals surface area contributed by atoms with E-state index in [0.29, 0.717) is 0 Å². The molecule has 2 aliphatic rings. The molecular formula is C46H42Cl2O2SiZr. The third kappa shape index (κ3) is 7.13. The Bertz CT molecular complexity index is 2140. The Kier molecular flexibility index (Phi) is 11.3. The van der Waals surface area contributed by atoms with Gasteiger partial charge < -0.3 is 8.83 Å². The van der Waals surface area contributed by atoms with Gasteiger partial charge in [-0.15, -0.1) is 0 Å². The molecule has 4 aromatic carbocycles. The summed E-state index contributed by atoms with van der Waals surface area (Å²) in [5.41, 5.74) is 18.8. The van der Waals surface area contributed by atoms with Crippen LogP contribution in [0.2, 0.25) is 12.1 Å². The maximum absolute atomic E-state index is 6.33. The average molecular weight is 817 g/mol. The number of aryl methyl sites for hydroxylation is 4. The van der Waals surface area contributed by atoms with E-state index >= 15 is 0 Å². The van der Waals surface area contributed by atoms with E-state index in [1.54, 1.807) is 0 Å². The van der Waals surface area contributed by atoms with Gasteiger partial charge in [-0.2, -0.15) is 0 Å². The summed E-state index contributed by atoms with van der Waals surface area (Å²) in [6, 6.07) is 37.3. The molecule has 0 saturated carbocycles. The van der Waals surface area contributed by atoms with Gasteiger partial charge in [0.1, 0.15) is 23.0 Å². The molecular weight excluding hydrogens is 775 g/mol. The molecule has 0 bridgehead atoms. The van der Waals surface area contributed by atoms with Gasteiger partial charge in [-0.25, -0.2) is 0 Å². The van der Waals surface area contributed by atoms with E-state index in [0.717, 1.165) is 44.6 Å². The normalized spacial score (nSPS) is 15.8. The fraction of sp³-hybridized carbons (Fsp3) is 0.217. The van der Waals surface area contributed by atoms with Crippen molar-refractivity contribution in [2.75, 3.05) is 0 Å². The number of fused-ring (bicyclic) bond motifs is 2. The Morgan fingerprint density at radius 3 is 1.29 bits per heavy atom. The summed E-state index contributed by atoms with van der Waals surface area (Å²) in [5.74, 6) is 4.45.